The third kappa shape index (κ3) is 4.19. The third-order valence-electron chi connectivity index (χ3n) is 4.56. The summed E-state index contributed by atoms with van der Waals surface area (Å²) in [4.78, 5) is 29.4. The highest BCUT2D eigenvalue weighted by Crippen LogP contribution is 2.34. The van der Waals surface area contributed by atoms with Crippen molar-refractivity contribution in [1.82, 2.24) is 13.9 Å². The molecule has 0 saturated heterocycles. The first-order chi connectivity index (χ1) is 14.7. The van der Waals surface area contributed by atoms with Crippen molar-refractivity contribution in [2.24, 2.45) is 0 Å². The summed E-state index contributed by atoms with van der Waals surface area (Å²) < 4.78 is 45.0. The second-order valence-electron chi connectivity index (χ2n) is 6.85. The number of rotatable bonds is 4. The Morgan fingerprint density at radius 1 is 1.16 bits per heavy atom. The van der Waals surface area contributed by atoms with E-state index in [0.717, 1.165) is 39.4 Å². The summed E-state index contributed by atoms with van der Waals surface area (Å²) in [6, 6.07) is 12.2. The molecule has 1 N–H and O–H groups in total. The van der Waals surface area contributed by atoms with E-state index in [1.807, 2.05) is 31.2 Å². The molecule has 2 aromatic carbocycles. The van der Waals surface area contributed by atoms with Crippen molar-refractivity contribution in [2.45, 2.75) is 19.6 Å². The van der Waals surface area contributed by atoms with Crippen LogP contribution < -0.4 is 10.9 Å². The first kappa shape index (κ1) is 20.7. The molecule has 0 atom stereocenters. The topological polar surface area (TPSA) is 76.9 Å². The Bertz CT molecular complexity index is 1340. The standard InChI is InChI=1S/C21H15F3N4O2S/c1-12-5-4-6-13(9-12)17-18-19(31-27-17)20(30)28(11-25-18)10-16(29)26-15-8-3-2-7-14(15)21(22,23)24/h2-9,11H,10H2,1H3,(H,26,29). The van der Waals surface area contributed by atoms with E-state index in [1.165, 1.54) is 18.5 Å². The summed E-state index contributed by atoms with van der Waals surface area (Å²) in [5.74, 6) is -0.775. The summed E-state index contributed by atoms with van der Waals surface area (Å²) in [7, 11) is 0. The predicted molar refractivity (Wildman–Crippen MR) is 112 cm³/mol. The first-order valence-electron chi connectivity index (χ1n) is 9.12. The summed E-state index contributed by atoms with van der Waals surface area (Å²) in [5.41, 5.74) is 1.01. The number of halogens is 3. The SMILES string of the molecule is Cc1cccc(-c2nsc3c(=O)n(CC(=O)Nc4ccccc4C(F)(F)F)cnc23)c1. The van der Waals surface area contributed by atoms with Gasteiger partial charge in [0.05, 0.1) is 17.6 Å². The molecule has 4 aromatic rings. The normalized spacial score (nSPS) is 11.6. The van der Waals surface area contributed by atoms with Gasteiger partial charge in [-0.05, 0) is 36.7 Å². The highest BCUT2D eigenvalue weighted by Gasteiger charge is 2.33. The molecule has 0 aliphatic carbocycles. The van der Waals surface area contributed by atoms with Gasteiger partial charge in [-0.25, -0.2) is 4.98 Å². The second-order valence-corrected chi connectivity index (χ2v) is 7.62. The van der Waals surface area contributed by atoms with Gasteiger partial charge in [0.2, 0.25) is 5.91 Å². The minimum atomic E-state index is -4.62. The molecule has 31 heavy (non-hydrogen) atoms. The van der Waals surface area contributed by atoms with E-state index in [1.54, 1.807) is 0 Å². The van der Waals surface area contributed by atoms with Gasteiger partial charge in [-0.2, -0.15) is 17.5 Å². The number of hydrogen-bond acceptors (Lipinski definition) is 5. The molecule has 10 heteroatoms. The number of aryl methyl sites for hydroxylation is 1. The molecular formula is C21H15F3N4O2S. The minimum absolute atomic E-state index is 0.266. The number of carbonyl (C=O) groups excluding carboxylic acids is 1. The Hall–Kier alpha value is -3.53. The van der Waals surface area contributed by atoms with Crippen molar-refractivity contribution in [2.75, 3.05) is 5.32 Å². The van der Waals surface area contributed by atoms with Crippen molar-refractivity contribution in [3.05, 3.63) is 76.3 Å². The Morgan fingerprint density at radius 3 is 2.68 bits per heavy atom. The van der Waals surface area contributed by atoms with Crippen LogP contribution in [0.2, 0.25) is 0 Å². The van der Waals surface area contributed by atoms with Crippen LogP contribution in [0, 0.1) is 6.92 Å². The molecule has 4 rings (SSSR count). The Kier molecular flexibility index (Phi) is 5.32. The number of nitrogens with zero attached hydrogens (tertiary/aromatic N) is 3. The van der Waals surface area contributed by atoms with Crippen molar-refractivity contribution in [3.63, 3.8) is 0 Å². The van der Waals surface area contributed by atoms with Crippen LogP contribution in [-0.4, -0.2) is 19.8 Å². The van der Waals surface area contributed by atoms with Crippen LogP contribution in [0.1, 0.15) is 11.1 Å². The molecule has 0 fully saturated rings. The molecule has 0 unspecified atom stereocenters. The number of benzene rings is 2. The van der Waals surface area contributed by atoms with Crippen molar-refractivity contribution in [3.8, 4) is 11.3 Å². The van der Waals surface area contributed by atoms with Crippen LogP contribution >= 0.6 is 11.5 Å². The zero-order valence-electron chi connectivity index (χ0n) is 16.1. The number of fused-ring (bicyclic) bond motifs is 1. The summed E-state index contributed by atoms with van der Waals surface area (Å²) in [6.07, 6.45) is -3.41. The molecule has 0 spiro atoms. The maximum Gasteiger partial charge on any atom is 0.418 e. The number of alkyl halides is 3. The van der Waals surface area contributed by atoms with Crippen molar-refractivity contribution < 1.29 is 18.0 Å². The smallest absolute Gasteiger partial charge is 0.324 e. The lowest BCUT2D eigenvalue weighted by Crippen LogP contribution is -2.28. The highest BCUT2D eigenvalue weighted by atomic mass is 32.1. The number of aromatic nitrogens is 3. The summed E-state index contributed by atoms with van der Waals surface area (Å²) in [5, 5.41) is 2.22. The van der Waals surface area contributed by atoms with E-state index >= 15 is 0 Å². The average molecular weight is 444 g/mol. The lowest BCUT2D eigenvalue weighted by Gasteiger charge is -2.13. The van der Waals surface area contributed by atoms with Gasteiger partial charge in [-0.1, -0.05) is 35.9 Å². The second kappa shape index (κ2) is 7.95. The zero-order valence-corrected chi connectivity index (χ0v) is 16.9. The molecular weight excluding hydrogens is 429 g/mol. The largest absolute Gasteiger partial charge is 0.418 e. The number of para-hydroxylation sites is 1. The molecule has 0 bridgehead atoms. The molecule has 2 heterocycles. The molecule has 0 aliphatic heterocycles. The number of anilines is 1. The molecule has 1 amide bonds. The van der Waals surface area contributed by atoms with E-state index < -0.39 is 29.8 Å². The lowest BCUT2D eigenvalue weighted by atomic mass is 10.1. The fourth-order valence-electron chi connectivity index (χ4n) is 3.13. The third-order valence-corrected chi connectivity index (χ3v) is 5.39. The molecule has 0 aliphatic rings. The van der Waals surface area contributed by atoms with E-state index in [0.29, 0.717) is 11.2 Å². The molecule has 0 saturated carbocycles. The van der Waals surface area contributed by atoms with Crippen molar-refractivity contribution in [1.29, 1.82) is 0 Å². The maximum absolute atomic E-state index is 13.1. The van der Waals surface area contributed by atoms with Crippen LogP contribution in [-0.2, 0) is 17.5 Å². The van der Waals surface area contributed by atoms with Crippen LogP contribution in [0.15, 0.2) is 59.7 Å². The van der Waals surface area contributed by atoms with Gasteiger partial charge >= 0.3 is 6.18 Å². The van der Waals surface area contributed by atoms with Crippen LogP contribution in [0.5, 0.6) is 0 Å². The maximum atomic E-state index is 13.1. The fourth-order valence-corrected chi connectivity index (χ4v) is 3.94. The Labute approximate surface area is 178 Å². The lowest BCUT2D eigenvalue weighted by molar-refractivity contribution is -0.137. The van der Waals surface area contributed by atoms with Gasteiger partial charge < -0.3 is 5.32 Å². The minimum Gasteiger partial charge on any atom is -0.324 e. The Balaban J connectivity index is 1.61. The molecule has 6 nitrogen and oxygen atoms in total. The van der Waals surface area contributed by atoms with Crippen LogP contribution in [0.3, 0.4) is 0 Å². The van der Waals surface area contributed by atoms with Gasteiger partial charge in [-0.3, -0.25) is 14.2 Å². The Morgan fingerprint density at radius 2 is 1.94 bits per heavy atom. The highest BCUT2D eigenvalue weighted by molar-refractivity contribution is 7.13. The van der Waals surface area contributed by atoms with Crippen LogP contribution in [0.4, 0.5) is 18.9 Å². The van der Waals surface area contributed by atoms with Crippen molar-refractivity contribution >= 4 is 33.3 Å². The molecule has 0 radical (unpaired) electrons. The van der Waals surface area contributed by atoms with Crippen LogP contribution in [0.25, 0.3) is 21.5 Å². The number of nitrogens with one attached hydrogen (secondary N) is 1. The van der Waals surface area contributed by atoms with E-state index in [2.05, 4.69) is 14.7 Å². The van der Waals surface area contributed by atoms with Gasteiger partial charge in [0.1, 0.15) is 22.5 Å². The average Bonchev–Trinajstić information content (AvgIpc) is 3.14. The number of amides is 1. The summed E-state index contributed by atoms with van der Waals surface area (Å²) in [6.45, 7) is 1.46. The van der Waals surface area contributed by atoms with Gasteiger partial charge in [-0.15, -0.1) is 0 Å². The van der Waals surface area contributed by atoms with E-state index in [-0.39, 0.29) is 10.4 Å². The van der Waals surface area contributed by atoms with Gasteiger partial charge in [0.25, 0.3) is 5.56 Å². The van der Waals surface area contributed by atoms with Gasteiger partial charge in [0.15, 0.2) is 0 Å². The molecule has 158 valence electrons. The van der Waals surface area contributed by atoms with E-state index in [4.69, 9.17) is 0 Å². The quantitative estimate of drug-likeness (QED) is 0.503. The number of hydrogen-bond donors (Lipinski definition) is 1. The fraction of sp³-hybridized carbons (Fsp3) is 0.143. The number of carbonyl (C=O) groups is 1. The summed E-state index contributed by atoms with van der Waals surface area (Å²) >= 11 is 0.966. The first-order valence-corrected chi connectivity index (χ1v) is 9.89. The van der Waals surface area contributed by atoms with Gasteiger partial charge in [0, 0.05) is 5.56 Å². The zero-order chi connectivity index (χ0) is 22.2. The molecule has 2 aromatic heterocycles. The predicted octanol–water partition coefficient (Wildman–Crippen LogP) is 4.49. The van der Waals surface area contributed by atoms with E-state index in [9.17, 15) is 22.8 Å². The monoisotopic (exact) mass is 444 g/mol.